The van der Waals surface area contributed by atoms with Crippen molar-refractivity contribution in [1.29, 1.82) is 0 Å². The van der Waals surface area contributed by atoms with Gasteiger partial charge in [-0.05, 0) is 43.5 Å². The summed E-state index contributed by atoms with van der Waals surface area (Å²) < 4.78 is 5.26. The van der Waals surface area contributed by atoms with Crippen LogP contribution < -0.4 is 5.32 Å². The Balaban J connectivity index is 2.06. The SMILES string of the molecule is Cc1cccc(NC(=O)c2cc(C(C)C)nc3onc(C)c23)c1. The Morgan fingerprint density at radius 2 is 2.00 bits per heavy atom. The number of amides is 1. The fourth-order valence-electron chi connectivity index (χ4n) is 2.51. The minimum Gasteiger partial charge on any atom is -0.336 e. The monoisotopic (exact) mass is 309 g/mol. The molecule has 0 saturated heterocycles. The summed E-state index contributed by atoms with van der Waals surface area (Å²) in [5, 5.41) is 7.55. The standard InChI is InChI=1S/C18H19N3O2/c1-10(2)15-9-14(16-12(4)21-23-18(16)20-15)17(22)19-13-7-5-6-11(3)8-13/h5-10H,1-4H3,(H,19,22). The lowest BCUT2D eigenvalue weighted by Crippen LogP contribution is -2.13. The number of nitrogens with zero attached hydrogens (tertiary/aromatic N) is 2. The highest BCUT2D eigenvalue weighted by Crippen LogP contribution is 2.26. The lowest BCUT2D eigenvalue weighted by atomic mass is 10.0. The molecule has 0 aliphatic rings. The first-order chi connectivity index (χ1) is 11.0. The number of fused-ring (bicyclic) bond motifs is 1. The second-order valence-corrected chi connectivity index (χ2v) is 6.02. The van der Waals surface area contributed by atoms with E-state index in [1.54, 1.807) is 0 Å². The molecule has 0 aliphatic heterocycles. The molecule has 1 aromatic carbocycles. The summed E-state index contributed by atoms with van der Waals surface area (Å²) in [6.07, 6.45) is 0. The highest BCUT2D eigenvalue weighted by molar-refractivity contribution is 6.12. The summed E-state index contributed by atoms with van der Waals surface area (Å²) in [4.78, 5) is 17.2. The Bertz CT molecular complexity index is 881. The molecule has 0 radical (unpaired) electrons. The molecule has 3 rings (SSSR count). The zero-order chi connectivity index (χ0) is 16.6. The fourth-order valence-corrected chi connectivity index (χ4v) is 2.51. The van der Waals surface area contributed by atoms with Crippen molar-refractivity contribution < 1.29 is 9.32 Å². The lowest BCUT2D eigenvalue weighted by Gasteiger charge is -2.10. The van der Waals surface area contributed by atoms with E-state index in [0.29, 0.717) is 22.4 Å². The van der Waals surface area contributed by atoms with Crippen LogP contribution in [0, 0.1) is 13.8 Å². The second-order valence-electron chi connectivity index (χ2n) is 6.02. The van der Waals surface area contributed by atoms with Crippen molar-refractivity contribution in [1.82, 2.24) is 10.1 Å². The Labute approximate surface area is 134 Å². The number of aryl methyl sites for hydroxylation is 2. The van der Waals surface area contributed by atoms with Gasteiger partial charge in [-0.2, -0.15) is 0 Å². The second kappa shape index (κ2) is 5.83. The number of benzene rings is 1. The number of hydrogen-bond acceptors (Lipinski definition) is 4. The molecule has 0 bridgehead atoms. The van der Waals surface area contributed by atoms with E-state index >= 15 is 0 Å². The maximum Gasteiger partial charge on any atom is 0.259 e. The highest BCUT2D eigenvalue weighted by Gasteiger charge is 2.19. The molecule has 0 saturated carbocycles. The van der Waals surface area contributed by atoms with E-state index in [1.165, 1.54) is 0 Å². The first kappa shape index (κ1) is 15.2. The van der Waals surface area contributed by atoms with Gasteiger partial charge in [-0.15, -0.1) is 0 Å². The van der Waals surface area contributed by atoms with Crippen LogP contribution in [0.15, 0.2) is 34.9 Å². The van der Waals surface area contributed by atoms with Crippen LogP contribution in [0.25, 0.3) is 11.1 Å². The van der Waals surface area contributed by atoms with Crippen LogP contribution in [-0.4, -0.2) is 16.0 Å². The first-order valence-corrected chi connectivity index (χ1v) is 7.60. The zero-order valence-corrected chi connectivity index (χ0v) is 13.7. The van der Waals surface area contributed by atoms with Gasteiger partial charge in [0.05, 0.1) is 16.6 Å². The van der Waals surface area contributed by atoms with E-state index < -0.39 is 0 Å². The van der Waals surface area contributed by atoms with Crippen molar-refractivity contribution in [2.75, 3.05) is 5.32 Å². The maximum atomic E-state index is 12.8. The zero-order valence-electron chi connectivity index (χ0n) is 13.7. The number of nitrogens with one attached hydrogen (secondary N) is 1. The number of aromatic nitrogens is 2. The molecule has 1 N–H and O–H groups in total. The van der Waals surface area contributed by atoms with E-state index in [4.69, 9.17) is 4.52 Å². The normalized spacial score (nSPS) is 11.2. The molecule has 0 atom stereocenters. The van der Waals surface area contributed by atoms with Crippen LogP contribution in [0.3, 0.4) is 0 Å². The van der Waals surface area contributed by atoms with Gasteiger partial charge in [-0.25, -0.2) is 4.98 Å². The molecule has 5 heteroatoms. The van der Waals surface area contributed by atoms with Gasteiger partial charge in [-0.3, -0.25) is 4.79 Å². The third-order valence-corrected chi connectivity index (χ3v) is 3.75. The summed E-state index contributed by atoms with van der Waals surface area (Å²) in [5.74, 6) is 0.00604. The minimum atomic E-state index is -0.184. The third-order valence-electron chi connectivity index (χ3n) is 3.75. The number of anilines is 1. The van der Waals surface area contributed by atoms with E-state index in [0.717, 1.165) is 16.9 Å². The highest BCUT2D eigenvalue weighted by atomic mass is 16.5. The Hall–Kier alpha value is -2.69. The summed E-state index contributed by atoms with van der Waals surface area (Å²) in [5.41, 5.74) is 4.27. The van der Waals surface area contributed by atoms with Gasteiger partial charge < -0.3 is 9.84 Å². The van der Waals surface area contributed by atoms with Crippen LogP contribution in [0.1, 0.15) is 47.1 Å². The van der Waals surface area contributed by atoms with Crippen molar-refractivity contribution in [2.24, 2.45) is 0 Å². The largest absolute Gasteiger partial charge is 0.336 e. The predicted molar refractivity (Wildman–Crippen MR) is 89.8 cm³/mol. The Kier molecular flexibility index (Phi) is 3.86. The van der Waals surface area contributed by atoms with Crippen LogP contribution in [0.5, 0.6) is 0 Å². The van der Waals surface area contributed by atoms with Gasteiger partial charge >= 0.3 is 0 Å². The molecule has 5 nitrogen and oxygen atoms in total. The quantitative estimate of drug-likeness (QED) is 0.786. The van der Waals surface area contributed by atoms with E-state index in [9.17, 15) is 4.79 Å². The van der Waals surface area contributed by atoms with Gasteiger partial charge in [0.25, 0.3) is 11.6 Å². The van der Waals surface area contributed by atoms with E-state index in [1.807, 2.05) is 58.0 Å². The molecule has 2 heterocycles. The van der Waals surface area contributed by atoms with Crippen molar-refractivity contribution in [3.63, 3.8) is 0 Å². The van der Waals surface area contributed by atoms with Crippen LogP contribution in [-0.2, 0) is 0 Å². The minimum absolute atomic E-state index is 0.184. The van der Waals surface area contributed by atoms with Crippen LogP contribution in [0.4, 0.5) is 5.69 Å². The van der Waals surface area contributed by atoms with Gasteiger partial charge in [-0.1, -0.05) is 31.1 Å². The number of rotatable bonds is 3. The molecule has 2 aromatic heterocycles. The average molecular weight is 309 g/mol. The number of hydrogen-bond donors (Lipinski definition) is 1. The van der Waals surface area contributed by atoms with Crippen molar-refractivity contribution in [2.45, 2.75) is 33.6 Å². The Morgan fingerprint density at radius 1 is 1.22 bits per heavy atom. The molecule has 0 unspecified atom stereocenters. The number of pyridine rings is 1. The summed E-state index contributed by atoms with van der Waals surface area (Å²) in [6, 6.07) is 9.52. The first-order valence-electron chi connectivity index (χ1n) is 7.60. The maximum absolute atomic E-state index is 12.8. The molecule has 1 amide bonds. The van der Waals surface area contributed by atoms with Crippen molar-refractivity contribution >= 4 is 22.7 Å². The predicted octanol–water partition coefficient (Wildman–Crippen LogP) is 4.22. The van der Waals surface area contributed by atoms with E-state index in [-0.39, 0.29) is 11.8 Å². The van der Waals surface area contributed by atoms with Crippen LogP contribution in [0.2, 0.25) is 0 Å². The van der Waals surface area contributed by atoms with Gasteiger partial charge in [0, 0.05) is 11.4 Å². The smallest absolute Gasteiger partial charge is 0.259 e. The summed E-state index contributed by atoms with van der Waals surface area (Å²) in [7, 11) is 0. The summed E-state index contributed by atoms with van der Waals surface area (Å²) in [6.45, 7) is 7.85. The van der Waals surface area contributed by atoms with Gasteiger partial charge in [0.2, 0.25) is 0 Å². The third kappa shape index (κ3) is 2.95. The number of carbonyl (C=O) groups excluding carboxylic acids is 1. The number of carbonyl (C=O) groups is 1. The molecule has 0 aliphatic carbocycles. The topological polar surface area (TPSA) is 68.0 Å². The molecule has 0 spiro atoms. The van der Waals surface area contributed by atoms with Gasteiger partial charge in [0.15, 0.2) is 0 Å². The van der Waals surface area contributed by atoms with Crippen molar-refractivity contribution in [3.8, 4) is 0 Å². The van der Waals surface area contributed by atoms with Crippen LogP contribution >= 0.6 is 0 Å². The Morgan fingerprint density at radius 3 is 2.70 bits per heavy atom. The molecular weight excluding hydrogens is 290 g/mol. The molecule has 3 aromatic rings. The van der Waals surface area contributed by atoms with Gasteiger partial charge in [0.1, 0.15) is 0 Å². The molecular formula is C18H19N3O2. The fraction of sp³-hybridized carbons (Fsp3) is 0.278. The lowest BCUT2D eigenvalue weighted by molar-refractivity contribution is 0.102. The van der Waals surface area contributed by atoms with Crippen molar-refractivity contribution in [3.05, 3.63) is 52.8 Å². The molecule has 0 fully saturated rings. The molecule has 23 heavy (non-hydrogen) atoms. The molecule has 118 valence electrons. The summed E-state index contributed by atoms with van der Waals surface area (Å²) >= 11 is 0. The average Bonchev–Trinajstić information content (AvgIpc) is 2.88. The van der Waals surface area contributed by atoms with E-state index in [2.05, 4.69) is 15.5 Å².